The summed E-state index contributed by atoms with van der Waals surface area (Å²) < 4.78 is 5.40. The minimum absolute atomic E-state index is 0.0930. The molecule has 0 bridgehead atoms. The second-order valence-electron chi connectivity index (χ2n) is 15.2. The van der Waals surface area contributed by atoms with Crippen LogP contribution in [0, 0.1) is 50.2 Å². The zero-order valence-corrected chi connectivity index (χ0v) is 24.0. The highest BCUT2D eigenvalue weighted by Gasteiger charge is 2.71. The van der Waals surface area contributed by atoms with Gasteiger partial charge in [-0.25, -0.2) is 0 Å². The molecule has 6 nitrogen and oxygen atoms in total. The van der Waals surface area contributed by atoms with Crippen LogP contribution < -0.4 is 0 Å². The normalized spacial score (nSPS) is 54.6. The number of carbonyl (C=O) groups excluding carboxylic acids is 1. The summed E-state index contributed by atoms with van der Waals surface area (Å²) in [6.45, 7) is 13.1. The zero-order chi connectivity index (χ0) is 27.4. The molecule has 11 atom stereocenters. The van der Waals surface area contributed by atoms with E-state index in [0.717, 1.165) is 38.5 Å². The van der Waals surface area contributed by atoms with Crippen molar-refractivity contribution in [3.05, 3.63) is 11.6 Å². The number of methoxy groups -OCH3 is 1. The van der Waals surface area contributed by atoms with Gasteiger partial charge < -0.3 is 25.2 Å². The van der Waals surface area contributed by atoms with Crippen molar-refractivity contribution in [2.75, 3.05) is 13.7 Å². The largest absolute Gasteiger partial charge is 0.469 e. The molecule has 0 saturated heterocycles. The van der Waals surface area contributed by atoms with Crippen molar-refractivity contribution in [1.82, 2.24) is 0 Å². The van der Waals surface area contributed by atoms with Gasteiger partial charge in [0.2, 0.25) is 0 Å². The highest BCUT2D eigenvalue weighted by atomic mass is 16.5. The van der Waals surface area contributed by atoms with Crippen molar-refractivity contribution in [2.45, 2.75) is 111 Å². The molecule has 0 aromatic carbocycles. The molecule has 0 amide bonds. The Balaban J connectivity index is 1.63. The summed E-state index contributed by atoms with van der Waals surface area (Å²) in [5.41, 5.74) is -0.993. The van der Waals surface area contributed by atoms with Gasteiger partial charge in [-0.15, -0.1) is 0 Å². The highest BCUT2D eigenvalue weighted by Crippen LogP contribution is 2.75. The van der Waals surface area contributed by atoms with Crippen LogP contribution in [-0.2, 0) is 9.53 Å². The molecule has 0 unspecified atom stereocenters. The van der Waals surface area contributed by atoms with E-state index in [1.807, 2.05) is 6.92 Å². The molecule has 37 heavy (non-hydrogen) atoms. The third-order valence-corrected chi connectivity index (χ3v) is 13.5. The van der Waals surface area contributed by atoms with Crippen LogP contribution in [0.15, 0.2) is 11.6 Å². The highest BCUT2D eigenvalue weighted by molar-refractivity contribution is 5.79. The van der Waals surface area contributed by atoms with E-state index in [4.69, 9.17) is 4.74 Å². The van der Waals surface area contributed by atoms with Crippen molar-refractivity contribution in [3.8, 4) is 0 Å². The Kier molecular flexibility index (Phi) is 6.18. The molecule has 6 heteroatoms. The number of aliphatic hydroxyl groups is 4. The van der Waals surface area contributed by atoms with Crippen molar-refractivity contribution in [1.29, 1.82) is 0 Å². The fourth-order valence-corrected chi connectivity index (χ4v) is 10.9. The number of esters is 1. The molecular formula is C31H50O6. The smallest absolute Gasteiger partial charge is 0.312 e. The first-order chi connectivity index (χ1) is 17.1. The van der Waals surface area contributed by atoms with Crippen molar-refractivity contribution in [3.63, 3.8) is 0 Å². The Hall–Kier alpha value is -0.950. The molecule has 4 saturated carbocycles. The number of ether oxygens (including phenoxy) is 1. The average molecular weight is 519 g/mol. The first-order valence-corrected chi connectivity index (χ1v) is 14.5. The van der Waals surface area contributed by atoms with Gasteiger partial charge in [0, 0.05) is 11.3 Å². The SMILES string of the molecule is COC(=O)[C@]12CCC(C)(C)[C@@H](O)[C@H]1C1=CC[C@@H]3[C@@]4(C)C[C@@H](O)[C@H](O)[C@](C)(CO)[C@@H]4CC[C@@]3(C)[C@]1(C)CC2. The van der Waals surface area contributed by atoms with Crippen LogP contribution >= 0.6 is 0 Å². The quantitative estimate of drug-likeness (QED) is 0.322. The Morgan fingerprint density at radius 3 is 2.22 bits per heavy atom. The minimum atomic E-state index is -0.930. The van der Waals surface area contributed by atoms with Gasteiger partial charge in [0.05, 0.1) is 37.4 Å². The van der Waals surface area contributed by atoms with E-state index in [1.165, 1.54) is 12.7 Å². The fraction of sp³-hybridized carbons (Fsp3) is 0.903. The van der Waals surface area contributed by atoms with E-state index in [9.17, 15) is 25.2 Å². The number of hydrogen-bond donors (Lipinski definition) is 4. The van der Waals surface area contributed by atoms with Crippen LogP contribution in [-0.4, -0.2) is 58.4 Å². The van der Waals surface area contributed by atoms with Gasteiger partial charge in [0.25, 0.3) is 0 Å². The molecule has 4 N–H and O–H groups in total. The molecule has 0 aromatic heterocycles. The number of hydrogen-bond acceptors (Lipinski definition) is 6. The average Bonchev–Trinajstić information content (AvgIpc) is 2.84. The topological polar surface area (TPSA) is 107 Å². The number of carbonyl (C=O) groups is 1. The van der Waals surface area contributed by atoms with Crippen LogP contribution in [0.3, 0.4) is 0 Å². The predicted octanol–water partition coefficient (Wildman–Crippen LogP) is 4.24. The predicted molar refractivity (Wildman–Crippen MR) is 141 cm³/mol. The Bertz CT molecular complexity index is 990. The monoisotopic (exact) mass is 518 g/mol. The summed E-state index contributed by atoms with van der Waals surface area (Å²) in [6, 6.07) is 0. The molecule has 4 fully saturated rings. The van der Waals surface area contributed by atoms with Gasteiger partial charge in [-0.3, -0.25) is 4.79 Å². The summed E-state index contributed by atoms with van der Waals surface area (Å²) in [7, 11) is 1.48. The third kappa shape index (κ3) is 3.22. The van der Waals surface area contributed by atoms with Crippen LogP contribution in [0.25, 0.3) is 0 Å². The molecular weight excluding hydrogens is 468 g/mol. The Labute approximate surface area is 222 Å². The number of allylic oxidation sites excluding steroid dienone is 1. The molecule has 0 aromatic rings. The van der Waals surface area contributed by atoms with Crippen LogP contribution in [0.4, 0.5) is 0 Å². The van der Waals surface area contributed by atoms with Crippen LogP contribution in [0.2, 0.25) is 0 Å². The first-order valence-electron chi connectivity index (χ1n) is 14.5. The van der Waals surface area contributed by atoms with Gasteiger partial charge >= 0.3 is 5.97 Å². The summed E-state index contributed by atoms with van der Waals surface area (Å²) >= 11 is 0. The first kappa shape index (κ1) is 27.6. The Morgan fingerprint density at radius 1 is 0.946 bits per heavy atom. The number of fused-ring (bicyclic) bond motifs is 7. The zero-order valence-electron chi connectivity index (χ0n) is 24.0. The fourth-order valence-electron chi connectivity index (χ4n) is 10.9. The lowest BCUT2D eigenvalue weighted by Gasteiger charge is -2.71. The van der Waals surface area contributed by atoms with Gasteiger partial charge in [-0.1, -0.05) is 53.2 Å². The van der Waals surface area contributed by atoms with Crippen LogP contribution in [0.1, 0.15) is 92.9 Å². The molecule has 5 aliphatic rings. The second kappa shape index (κ2) is 8.28. The van der Waals surface area contributed by atoms with E-state index in [1.54, 1.807) is 0 Å². The van der Waals surface area contributed by atoms with E-state index < -0.39 is 29.1 Å². The Morgan fingerprint density at radius 2 is 1.59 bits per heavy atom. The molecule has 210 valence electrons. The molecule has 0 heterocycles. The number of aliphatic hydroxyl groups excluding tert-OH is 4. The lowest BCUT2D eigenvalue weighted by atomic mass is 9.33. The van der Waals surface area contributed by atoms with Gasteiger partial charge in [-0.05, 0) is 84.9 Å². The molecule has 5 rings (SSSR count). The minimum Gasteiger partial charge on any atom is -0.469 e. The van der Waals surface area contributed by atoms with Crippen molar-refractivity contribution < 1.29 is 30.0 Å². The van der Waals surface area contributed by atoms with E-state index in [-0.39, 0.29) is 52.0 Å². The van der Waals surface area contributed by atoms with E-state index >= 15 is 0 Å². The third-order valence-electron chi connectivity index (χ3n) is 13.5. The lowest BCUT2D eigenvalue weighted by molar-refractivity contribution is -0.245. The summed E-state index contributed by atoms with van der Waals surface area (Å²) in [5.74, 6) is -0.0647. The van der Waals surface area contributed by atoms with Gasteiger partial charge in [0.1, 0.15) is 0 Å². The molecule has 0 spiro atoms. The van der Waals surface area contributed by atoms with E-state index in [2.05, 4.69) is 40.7 Å². The van der Waals surface area contributed by atoms with E-state index in [0.29, 0.717) is 12.8 Å². The second-order valence-corrected chi connectivity index (χ2v) is 15.2. The summed E-state index contributed by atoms with van der Waals surface area (Å²) in [6.07, 6.45) is 6.23. The standard InChI is InChI=1S/C31H50O6/c1-26(2)12-14-31(25(36)37-7)15-13-29(5)18(22(31)24(26)35)8-9-21-27(3)16-19(33)23(34)28(4,17-32)20(27)10-11-30(21,29)6/h8,19-24,32-35H,9-17H2,1-7H3/t19-,20-,21-,22-,23+,24+,27+,28-,29-,30-,31+/m1/s1. The molecule has 5 aliphatic carbocycles. The number of rotatable bonds is 2. The maximum atomic E-state index is 13.4. The maximum absolute atomic E-state index is 13.4. The van der Waals surface area contributed by atoms with Crippen molar-refractivity contribution in [2.24, 2.45) is 50.2 Å². The van der Waals surface area contributed by atoms with Gasteiger partial charge in [-0.2, -0.15) is 0 Å². The van der Waals surface area contributed by atoms with Gasteiger partial charge in [0.15, 0.2) is 0 Å². The lowest BCUT2D eigenvalue weighted by Crippen LogP contribution is -2.69. The van der Waals surface area contributed by atoms with Crippen molar-refractivity contribution >= 4 is 5.97 Å². The molecule has 0 aliphatic heterocycles. The summed E-state index contributed by atoms with van der Waals surface area (Å²) in [4.78, 5) is 13.4. The summed E-state index contributed by atoms with van der Waals surface area (Å²) in [5, 5.41) is 44.3. The van der Waals surface area contributed by atoms with Crippen LogP contribution in [0.5, 0.6) is 0 Å². The maximum Gasteiger partial charge on any atom is 0.312 e. The molecule has 0 radical (unpaired) electrons.